The van der Waals surface area contributed by atoms with Gasteiger partial charge in [-0.2, -0.15) is 0 Å². The zero-order valence-corrected chi connectivity index (χ0v) is 15.6. The number of ether oxygens (including phenoxy) is 2. The van der Waals surface area contributed by atoms with Crippen LogP contribution in [0, 0.1) is 0 Å². The number of benzene rings is 1. The molecule has 0 aliphatic carbocycles. The average molecular weight is 386 g/mol. The quantitative estimate of drug-likeness (QED) is 0.531. The highest BCUT2D eigenvalue weighted by Gasteiger charge is 2.22. The summed E-state index contributed by atoms with van der Waals surface area (Å²) in [4.78, 5) is 25.5. The minimum Gasteiger partial charge on any atom is -0.469 e. The minimum atomic E-state index is -0.349. The maximum Gasteiger partial charge on any atom is 0.307 e. The van der Waals surface area contributed by atoms with Gasteiger partial charge in [-0.25, -0.2) is 0 Å². The fourth-order valence-corrected chi connectivity index (χ4v) is 2.85. The fraction of sp³-hybridized carbons (Fsp3) is 0.444. The van der Waals surface area contributed by atoms with Crippen molar-refractivity contribution in [3.8, 4) is 0 Å². The Morgan fingerprint density at radius 1 is 1.36 bits per heavy atom. The van der Waals surface area contributed by atoms with Crippen molar-refractivity contribution >= 4 is 41.2 Å². The lowest BCUT2D eigenvalue weighted by molar-refractivity contribution is -0.141. The van der Waals surface area contributed by atoms with Gasteiger partial charge in [0.2, 0.25) is 5.91 Å². The summed E-state index contributed by atoms with van der Waals surface area (Å²) < 4.78 is 10.2. The number of carbonyl (C=O) groups is 2. The van der Waals surface area contributed by atoms with Crippen LogP contribution in [0.1, 0.15) is 24.8 Å². The summed E-state index contributed by atoms with van der Waals surface area (Å²) >= 11 is 11.9. The van der Waals surface area contributed by atoms with Gasteiger partial charge in [0.05, 0.1) is 29.7 Å². The number of amides is 1. The van der Waals surface area contributed by atoms with Crippen molar-refractivity contribution in [1.82, 2.24) is 4.90 Å². The Morgan fingerprint density at radius 3 is 2.80 bits per heavy atom. The van der Waals surface area contributed by atoms with Crippen molar-refractivity contribution in [2.24, 2.45) is 0 Å². The molecule has 0 spiro atoms. The predicted molar refractivity (Wildman–Crippen MR) is 97.7 cm³/mol. The second-order valence-corrected chi connectivity index (χ2v) is 6.57. The molecule has 1 aromatic carbocycles. The van der Waals surface area contributed by atoms with Gasteiger partial charge >= 0.3 is 5.97 Å². The van der Waals surface area contributed by atoms with Crippen LogP contribution in [0.4, 0.5) is 0 Å². The first-order valence-electron chi connectivity index (χ1n) is 8.10. The molecule has 0 bridgehead atoms. The normalized spacial score (nSPS) is 17.0. The summed E-state index contributed by atoms with van der Waals surface area (Å²) in [5, 5.41) is 0.890. The summed E-state index contributed by atoms with van der Waals surface area (Å²) in [6.07, 6.45) is 5.20. The molecule has 1 aromatic rings. The van der Waals surface area contributed by atoms with Crippen molar-refractivity contribution in [1.29, 1.82) is 0 Å². The van der Waals surface area contributed by atoms with Crippen LogP contribution < -0.4 is 0 Å². The Balaban J connectivity index is 2.02. The first kappa shape index (κ1) is 19.8. The van der Waals surface area contributed by atoms with E-state index in [1.165, 1.54) is 13.2 Å². The molecule has 0 aromatic heterocycles. The molecule has 25 heavy (non-hydrogen) atoms. The van der Waals surface area contributed by atoms with E-state index in [2.05, 4.69) is 4.74 Å². The Hall–Kier alpha value is -1.56. The van der Waals surface area contributed by atoms with Crippen molar-refractivity contribution in [3.63, 3.8) is 0 Å². The van der Waals surface area contributed by atoms with Gasteiger partial charge in [-0.1, -0.05) is 29.3 Å². The van der Waals surface area contributed by atoms with Gasteiger partial charge in [-0.3, -0.25) is 9.59 Å². The zero-order chi connectivity index (χ0) is 18.2. The molecule has 1 saturated heterocycles. The van der Waals surface area contributed by atoms with Gasteiger partial charge in [0, 0.05) is 25.8 Å². The van der Waals surface area contributed by atoms with E-state index in [1.54, 1.807) is 29.2 Å². The molecule has 7 heteroatoms. The highest BCUT2D eigenvalue weighted by Crippen LogP contribution is 2.23. The van der Waals surface area contributed by atoms with E-state index in [1.807, 2.05) is 0 Å². The van der Waals surface area contributed by atoms with Gasteiger partial charge in [-0.05, 0) is 36.6 Å². The molecular weight excluding hydrogens is 365 g/mol. The molecule has 2 rings (SSSR count). The molecule has 5 nitrogen and oxygen atoms in total. The maximum absolute atomic E-state index is 12.5. The Morgan fingerprint density at radius 2 is 2.16 bits per heavy atom. The molecule has 0 N–H and O–H groups in total. The van der Waals surface area contributed by atoms with E-state index in [-0.39, 0.29) is 30.9 Å². The monoisotopic (exact) mass is 385 g/mol. The second-order valence-electron chi connectivity index (χ2n) is 5.75. The number of nitrogens with zero attached hydrogens (tertiary/aromatic N) is 1. The van der Waals surface area contributed by atoms with E-state index in [0.717, 1.165) is 18.4 Å². The van der Waals surface area contributed by atoms with Crippen LogP contribution in [0.15, 0.2) is 24.3 Å². The number of esters is 1. The molecule has 1 aliphatic heterocycles. The third kappa shape index (κ3) is 6.34. The Labute approximate surface area is 157 Å². The van der Waals surface area contributed by atoms with Crippen LogP contribution >= 0.6 is 23.2 Å². The van der Waals surface area contributed by atoms with Crippen molar-refractivity contribution in [2.45, 2.75) is 25.4 Å². The third-order valence-electron chi connectivity index (χ3n) is 3.94. The molecule has 136 valence electrons. The lowest BCUT2D eigenvalue weighted by Crippen LogP contribution is -2.37. The molecular formula is C18H21Cl2NO4. The van der Waals surface area contributed by atoms with Crippen molar-refractivity contribution in [2.75, 3.05) is 26.8 Å². The predicted octanol–water partition coefficient (Wildman–Crippen LogP) is 3.58. The molecule has 0 radical (unpaired) electrons. The van der Waals surface area contributed by atoms with E-state index in [9.17, 15) is 9.59 Å². The number of hydrogen-bond acceptors (Lipinski definition) is 4. The van der Waals surface area contributed by atoms with E-state index < -0.39 is 0 Å². The molecule has 1 unspecified atom stereocenters. The number of rotatable bonds is 7. The van der Waals surface area contributed by atoms with Crippen molar-refractivity contribution < 1.29 is 19.1 Å². The lowest BCUT2D eigenvalue weighted by atomic mass is 10.2. The highest BCUT2D eigenvalue weighted by molar-refractivity contribution is 6.42. The number of hydrogen-bond donors (Lipinski definition) is 0. The Kier molecular flexibility index (Phi) is 7.75. The third-order valence-corrected chi connectivity index (χ3v) is 4.67. The summed E-state index contributed by atoms with van der Waals surface area (Å²) in [6, 6.07) is 5.14. The second kappa shape index (κ2) is 9.80. The average Bonchev–Trinajstić information content (AvgIpc) is 3.12. The topological polar surface area (TPSA) is 55.8 Å². The van der Waals surface area contributed by atoms with E-state index in [4.69, 9.17) is 27.9 Å². The first-order valence-corrected chi connectivity index (χ1v) is 8.85. The molecule has 1 atom stereocenters. The molecule has 1 fully saturated rings. The molecule has 1 aliphatic rings. The van der Waals surface area contributed by atoms with E-state index in [0.29, 0.717) is 23.2 Å². The SMILES string of the molecule is COC(=O)CCN(CC1CCCO1)C(=O)/C=C/c1ccc(Cl)c(Cl)c1. The summed E-state index contributed by atoms with van der Waals surface area (Å²) in [7, 11) is 1.33. The summed E-state index contributed by atoms with van der Waals surface area (Å²) in [5.41, 5.74) is 0.771. The van der Waals surface area contributed by atoms with Gasteiger partial charge in [-0.15, -0.1) is 0 Å². The van der Waals surface area contributed by atoms with Crippen LogP contribution in [-0.4, -0.2) is 49.7 Å². The summed E-state index contributed by atoms with van der Waals surface area (Å²) in [5.74, 6) is -0.538. The van der Waals surface area contributed by atoms with Crippen molar-refractivity contribution in [3.05, 3.63) is 39.9 Å². The van der Waals surface area contributed by atoms with Crippen LogP contribution in [0.2, 0.25) is 10.0 Å². The smallest absolute Gasteiger partial charge is 0.307 e. The standard InChI is InChI=1S/C18H21Cl2NO4/c1-24-18(23)8-9-21(12-14-3-2-10-25-14)17(22)7-5-13-4-6-15(19)16(20)11-13/h4-7,11,14H,2-3,8-10,12H2,1H3/b7-5+. The van der Waals surface area contributed by atoms with E-state index >= 15 is 0 Å². The van der Waals surface area contributed by atoms with Gasteiger partial charge < -0.3 is 14.4 Å². The fourth-order valence-electron chi connectivity index (χ4n) is 2.54. The van der Waals surface area contributed by atoms with Crippen LogP contribution in [-0.2, 0) is 19.1 Å². The van der Waals surface area contributed by atoms with Gasteiger partial charge in [0.1, 0.15) is 0 Å². The molecule has 0 saturated carbocycles. The Bertz CT molecular complexity index is 642. The maximum atomic E-state index is 12.5. The molecule has 1 heterocycles. The number of halogens is 2. The van der Waals surface area contributed by atoms with Crippen LogP contribution in [0.25, 0.3) is 6.08 Å². The van der Waals surface area contributed by atoms with Crippen LogP contribution in [0.3, 0.4) is 0 Å². The largest absolute Gasteiger partial charge is 0.469 e. The number of carbonyl (C=O) groups excluding carboxylic acids is 2. The van der Waals surface area contributed by atoms with Crippen LogP contribution in [0.5, 0.6) is 0 Å². The first-order chi connectivity index (χ1) is 12.0. The minimum absolute atomic E-state index is 0.0139. The number of methoxy groups -OCH3 is 1. The zero-order valence-electron chi connectivity index (χ0n) is 14.0. The highest BCUT2D eigenvalue weighted by atomic mass is 35.5. The van der Waals surface area contributed by atoms with Gasteiger partial charge in [0.25, 0.3) is 0 Å². The summed E-state index contributed by atoms with van der Waals surface area (Å²) in [6.45, 7) is 1.46. The lowest BCUT2D eigenvalue weighted by Gasteiger charge is -2.24. The van der Waals surface area contributed by atoms with Gasteiger partial charge in [0.15, 0.2) is 0 Å². The molecule has 1 amide bonds.